The fourth-order valence-electron chi connectivity index (χ4n) is 3.30. The van der Waals surface area contributed by atoms with Crippen LogP contribution in [-0.4, -0.2) is 75.2 Å². The summed E-state index contributed by atoms with van der Waals surface area (Å²) in [5, 5.41) is -15.3. The van der Waals surface area contributed by atoms with Crippen molar-refractivity contribution in [3.63, 3.8) is 0 Å². The van der Waals surface area contributed by atoms with Crippen LogP contribution >= 0.6 is 0 Å². The molecule has 46 heavy (non-hydrogen) atoms. The molecule has 1 heterocycles. The first-order valence-corrected chi connectivity index (χ1v) is 13.8. The summed E-state index contributed by atoms with van der Waals surface area (Å²) in [5.41, 5.74) is -6.37. The van der Waals surface area contributed by atoms with E-state index in [1.807, 2.05) is 0 Å². The molecule has 0 N–H and O–H groups in total. The Kier molecular flexibility index (Phi) is 9.69. The smallest absolute Gasteiger partial charge is 0.295 e. The van der Waals surface area contributed by atoms with Gasteiger partial charge in [-0.15, -0.1) is 0 Å². The molecule has 1 fully saturated rings. The van der Waals surface area contributed by atoms with Crippen LogP contribution in [0.5, 0.6) is 0 Å². The fourth-order valence-corrected chi connectivity index (χ4v) is 3.95. The molecule has 0 aliphatic carbocycles. The average molecular weight is 768 g/mol. The van der Waals surface area contributed by atoms with Crippen molar-refractivity contribution in [1.29, 1.82) is 0 Å². The van der Waals surface area contributed by atoms with E-state index in [0.717, 1.165) is 0 Å². The first-order chi connectivity index (χ1) is 19.3. The molecule has 0 saturated carbocycles. The number of rotatable bonds is 11. The van der Waals surface area contributed by atoms with Gasteiger partial charge in [0.05, 0.1) is 0 Å². The second-order valence-electron chi connectivity index (χ2n) is 11.3. The molecule has 1 aliphatic rings. The van der Waals surface area contributed by atoms with E-state index in [-0.39, 0.29) is 41.5 Å². The maximum atomic E-state index is 16.0. The van der Waals surface area contributed by atoms with Crippen molar-refractivity contribution >= 4 is 20.4 Å². The van der Waals surface area contributed by atoms with Crippen LogP contribution in [0, 0.1) is 10.8 Å². The third kappa shape index (κ3) is 5.78. The lowest BCUT2D eigenvalue weighted by atomic mass is 9.72. The first-order valence-electron chi connectivity index (χ1n) is 11.0. The molecule has 0 radical (unpaired) electrons. The Morgan fingerprint density at radius 2 is 0.761 bits per heavy atom. The van der Waals surface area contributed by atoms with Crippen LogP contribution in [0.1, 0.15) is 41.5 Å². The standard InChI is InChI=1S/C18H18F18O8S2/c1-7(2,3)9(19,20)12(8(4,5)6)41-10(21,13(23,24)43-15(27,28)17(31,32)45(35,37)38)11(22,42-12)14(25,26)44-16(29,30)18(33,34)46(36,39)40/h1-6H3. The largest absolute Gasteiger partial charge is 0.464 e. The monoisotopic (exact) mass is 768 g/mol. The minimum Gasteiger partial charge on any atom is -0.295 e. The van der Waals surface area contributed by atoms with E-state index in [2.05, 4.69) is 9.47 Å². The molecule has 276 valence electrons. The van der Waals surface area contributed by atoms with Crippen molar-refractivity contribution in [2.75, 3.05) is 0 Å². The number of hydrogen-bond donors (Lipinski definition) is 0. The van der Waals surface area contributed by atoms with Gasteiger partial charge in [-0.05, 0) is 0 Å². The summed E-state index contributed by atoms with van der Waals surface area (Å²) >= 11 is 0. The normalized spacial score (nSPS) is 27.3. The molecule has 2 atom stereocenters. The molecular formula is C18H18F18O8S2. The Morgan fingerprint density at radius 1 is 0.522 bits per heavy atom. The van der Waals surface area contributed by atoms with Crippen LogP contribution in [0.15, 0.2) is 0 Å². The van der Waals surface area contributed by atoms with E-state index < -0.39 is 89.6 Å². The lowest BCUT2D eigenvalue weighted by molar-refractivity contribution is -0.525. The lowest BCUT2D eigenvalue weighted by Gasteiger charge is -2.49. The molecular weight excluding hydrogens is 750 g/mol. The van der Waals surface area contributed by atoms with Crippen molar-refractivity contribution in [1.82, 2.24) is 0 Å². The van der Waals surface area contributed by atoms with Crippen molar-refractivity contribution in [2.45, 2.75) is 99.9 Å². The van der Waals surface area contributed by atoms with Gasteiger partial charge in [-0.2, -0.15) is 78.3 Å². The minimum atomic E-state index is -8.17. The van der Waals surface area contributed by atoms with Crippen LogP contribution < -0.4 is 0 Å². The van der Waals surface area contributed by atoms with E-state index in [1.165, 1.54) is 0 Å². The molecule has 0 amide bonds. The summed E-state index contributed by atoms with van der Waals surface area (Å²) in [5.74, 6) is -26.1. The Balaban J connectivity index is 4.35. The zero-order chi connectivity index (χ0) is 37.8. The van der Waals surface area contributed by atoms with E-state index >= 15 is 17.6 Å². The summed E-state index contributed by atoms with van der Waals surface area (Å²) in [4.78, 5) is 0. The summed E-state index contributed by atoms with van der Waals surface area (Å²) in [6, 6.07) is 0. The maximum absolute atomic E-state index is 16.0. The van der Waals surface area contributed by atoms with Crippen LogP contribution in [0.25, 0.3) is 0 Å². The van der Waals surface area contributed by atoms with Crippen LogP contribution in [0.3, 0.4) is 0 Å². The molecule has 0 bridgehead atoms. The number of alkyl halides is 16. The van der Waals surface area contributed by atoms with E-state index in [4.69, 9.17) is 0 Å². The SMILES string of the molecule is CC(C)(C)C(F)(F)C1(C(C)(C)C)OC(F)(C(F)(F)OC(F)(F)C(F)(F)S(=O)(=O)F)C(F)(C(F)(F)OC(F)(F)C(F)(F)S(=O)(=O)F)O1. The summed E-state index contributed by atoms with van der Waals surface area (Å²) < 4.78 is 309. The highest BCUT2D eigenvalue weighted by Crippen LogP contribution is 2.69. The Morgan fingerprint density at radius 3 is 0.935 bits per heavy atom. The zero-order valence-electron chi connectivity index (χ0n) is 22.9. The van der Waals surface area contributed by atoms with Crippen molar-refractivity contribution in [3.05, 3.63) is 0 Å². The molecule has 28 heteroatoms. The van der Waals surface area contributed by atoms with Crippen LogP contribution in [-0.2, 0) is 39.4 Å². The van der Waals surface area contributed by atoms with Crippen molar-refractivity contribution in [2.24, 2.45) is 10.8 Å². The zero-order valence-corrected chi connectivity index (χ0v) is 24.5. The van der Waals surface area contributed by atoms with Gasteiger partial charge in [0.25, 0.3) is 0 Å². The summed E-state index contributed by atoms with van der Waals surface area (Å²) in [6.45, 7) is 1.30. The third-order valence-corrected chi connectivity index (χ3v) is 7.58. The molecule has 8 nitrogen and oxygen atoms in total. The van der Waals surface area contributed by atoms with Gasteiger partial charge >= 0.3 is 73.0 Å². The number of halogens is 18. The highest BCUT2D eigenvalue weighted by molar-refractivity contribution is 7.87. The average Bonchev–Trinajstić information content (AvgIpc) is 3.01. The van der Waals surface area contributed by atoms with E-state index in [0.29, 0.717) is 0 Å². The summed E-state index contributed by atoms with van der Waals surface area (Å²) in [6.07, 6.45) is -31.5. The quantitative estimate of drug-likeness (QED) is 0.164. The topological polar surface area (TPSA) is 105 Å². The second-order valence-corrected chi connectivity index (χ2v) is 14.0. The van der Waals surface area contributed by atoms with Gasteiger partial charge in [0.1, 0.15) is 0 Å². The minimum absolute atomic E-state index is 0.160. The van der Waals surface area contributed by atoms with Crippen LogP contribution in [0.2, 0.25) is 0 Å². The van der Waals surface area contributed by atoms with Gasteiger partial charge < -0.3 is 0 Å². The van der Waals surface area contributed by atoms with Gasteiger partial charge in [-0.3, -0.25) is 9.47 Å². The van der Waals surface area contributed by atoms with Gasteiger partial charge in [0.2, 0.25) is 5.79 Å². The van der Waals surface area contributed by atoms with Gasteiger partial charge in [-0.1, -0.05) is 49.3 Å². The molecule has 0 spiro atoms. The molecule has 1 rings (SSSR count). The predicted molar refractivity (Wildman–Crippen MR) is 108 cm³/mol. The van der Waals surface area contributed by atoms with E-state index in [9.17, 15) is 77.3 Å². The van der Waals surface area contributed by atoms with E-state index in [1.54, 1.807) is 9.47 Å². The Labute approximate surface area is 245 Å². The highest BCUT2D eigenvalue weighted by Gasteiger charge is 2.95. The number of ether oxygens (including phenoxy) is 4. The molecule has 2 unspecified atom stereocenters. The molecule has 0 aromatic rings. The number of hydrogen-bond acceptors (Lipinski definition) is 8. The lowest BCUT2D eigenvalue weighted by Crippen LogP contribution is -2.69. The third-order valence-electron chi connectivity index (χ3n) is 5.88. The van der Waals surface area contributed by atoms with Crippen molar-refractivity contribution < 1.29 is 114 Å². The van der Waals surface area contributed by atoms with Gasteiger partial charge in [-0.25, -0.2) is 18.3 Å². The van der Waals surface area contributed by atoms with Crippen molar-refractivity contribution in [3.8, 4) is 0 Å². The Hall–Kier alpha value is -1.52. The highest BCUT2D eigenvalue weighted by atomic mass is 32.3. The molecule has 0 aromatic carbocycles. The van der Waals surface area contributed by atoms with Gasteiger partial charge in [0, 0.05) is 10.8 Å². The second kappa shape index (κ2) is 10.5. The molecule has 1 aliphatic heterocycles. The summed E-state index contributed by atoms with van der Waals surface area (Å²) in [7, 11) is -16.3. The molecule has 1 saturated heterocycles. The predicted octanol–water partition coefficient (Wildman–Crippen LogP) is 6.98. The van der Waals surface area contributed by atoms with Gasteiger partial charge in [0.15, 0.2) is 0 Å². The Bertz CT molecular complexity index is 1320. The first kappa shape index (κ1) is 42.5. The molecule has 0 aromatic heterocycles. The maximum Gasteiger partial charge on any atom is 0.464 e. The van der Waals surface area contributed by atoms with Crippen LogP contribution in [0.4, 0.5) is 78.0 Å². The fraction of sp³-hybridized carbons (Fsp3) is 1.00.